The number of fused-ring (bicyclic) bond motifs is 1. The first-order chi connectivity index (χ1) is 13.4. The second-order valence-corrected chi connectivity index (χ2v) is 9.16. The lowest BCUT2D eigenvalue weighted by Gasteiger charge is -2.26. The highest BCUT2D eigenvalue weighted by atomic mass is 16.6. The minimum Gasteiger partial charge on any atom is -0.444 e. The van der Waals surface area contributed by atoms with E-state index in [1.54, 1.807) is 0 Å². The molecule has 1 amide bonds. The van der Waals surface area contributed by atoms with Crippen LogP contribution in [-0.2, 0) is 11.3 Å². The quantitative estimate of drug-likeness (QED) is 0.779. The zero-order valence-electron chi connectivity index (χ0n) is 17.1. The molecule has 2 aromatic rings. The second kappa shape index (κ2) is 7.59. The van der Waals surface area contributed by atoms with Gasteiger partial charge in [-0.2, -0.15) is 0 Å². The molecule has 0 bridgehead atoms. The largest absolute Gasteiger partial charge is 0.444 e. The summed E-state index contributed by atoms with van der Waals surface area (Å²) in [6.07, 6.45) is -0.162. The number of carbonyl (C=O) groups is 1. The third kappa shape index (κ3) is 4.39. The minimum atomic E-state index is -0.424. The molecule has 2 aliphatic heterocycles. The lowest BCUT2D eigenvalue weighted by Crippen LogP contribution is -2.37. The molecule has 28 heavy (non-hydrogen) atoms. The van der Waals surface area contributed by atoms with Gasteiger partial charge in [-0.3, -0.25) is 4.90 Å². The summed E-state index contributed by atoms with van der Waals surface area (Å²) in [6, 6.07) is 19.4. The number of amides is 1. The van der Waals surface area contributed by atoms with Crippen LogP contribution < -0.4 is 0 Å². The summed E-state index contributed by atoms with van der Waals surface area (Å²) in [6.45, 7) is 10.5. The van der Waals surface area contributed by atoms with Crippen LogP contribution in [0, 0.1) is 11.8 Å². The highest BCUT2D eigenvalue weighted by Gasteiger charge is 2.42. The number of carbonyl (C=O) groups excluding carboxylic acids is 1. The van der Waals surface area contributed by atoms with Crippen LogP contribution in [0.15, 0.2) is 54.6 Å². The first-order valence-corrected chi connectivity index (χ1v) is 10.2. The molecular formula is C24H30N2O2. The molecule has 2 aliphatic rings. The van der Waals surface area contributed by atoms with Gasteiger partial charge in [0.1, 0.15) is 5.60 Å². The van der Waals surface area contributed by atoms with Gasteiger partial charge in [0.2, 0.25) is 0 Å². The van der Waals surface area contributed by atoms with Crippen molar-refractivity contribution in [2.24, 2.45) is 11.8 Å². The third-order valence-corrected chi connectivity index (χ3v) is 5.68. The van der Waals surface area contributed by atoms with Gasteiger partial charge >= 0.3 is 6.09 Å². The Morgan fingerprint density at radius 3 is 2.04 bits per heavy atom. The maximum Gasteiger partial charge on any atom is 0.410 e. The Morgan fingerprint density at radius 1 is 0.893 bits per heavy atom. The standard InChI is InChI=1S/C24H30N2O2/c1-24(2,3)28-23(27)26-16-21-14-25(15-22(21)17-26)13-18-9-11-20(12-10-18)19-7-5-4-6-8-19/h4-12,21-22H,13-17H2,1-3H3. The average Bonchev–Trinajstić information content (AvgIpc) is 3.20. The number of likely N-dealkylation sites (tertiary alicyclic amines) is 2. The van der Waals surface area contributed by atoms with Crippen molar-refractivity contribution in [3.05, 3.63) is 60.2 Å². The summed E-state index contributed by atoms with van der Waals surface area (Å²) in [4.78, 5) is 16.7. The van der Waals surface area contributed by atoms with Crippen LogP contribution in [0.3, 0.4) is 0 Å². The molecule has 2 heterocycles. The van der Waals surface area contributed by atoms with E-state index in [0.717, 1.165) is 32.7 Å². The van der Waals surface area contributed by atoms with E-state index in [4.69, 9.17) is 4.74 Å². The number of benzene rings is 2. The van der Waals surface area contributed by atoms with Crippen molar-refractivity contribution in [3.63, 3.8) is 0 Å². The maximum atomic E-state index is 12.3. The molecule has 0 aliphatic carbocycles. The van der Waals surface area contributed by atoms with Crippen LogP contribution in [-0.4, -0.2) is 47.7 Å². The van der Waals surface area contributed by atoms with Gasteiger partial charge < -0.3 is 9.64 Å². The molecule has 0 radical (unpaired) electrons. The first kappa shape index (κ1) is 19.0. The molecule has 4 nitrogen and oxygen atoms in total. The van der Waals surface area contributed by atoms with Crippen LogP contribution in [0.4, 0.5) is 4.79 Å². The fourth-order valence-corrected chi connectivity index (χ4v) is 4.39. The van der Waals surface area contributed by atoms with E-state index in [2.05, 4.69) is 53.4 Å². The molecule has 148 valence electrons. The lowest BCUT2D eigenvalue weighted by atomic mass is 10.0. The van der Waals surface area contributed by atoms with Gasteiger partial charge in [0.15, 0.2) is 0 Å². The summed E-state index contributed by atoms with van der Waals surface area (Å²) in [5.41, 5.74) is 3.44. The predicted molar refractivity (Wildman–Crippen MR) is 112 cm³/mol. The molecule has 0 spiro atoms. The van der Waals surface area contributed by atoms with Crippen molar-refractivity contribution in [1.29, 1.82) is 0 Å². The molecule has 0 aromatic heterocycles. The van der Waals surface area contributed by atoms with Crippen molar-refractivity contribution < 1.29 is 9.53 Å². The van der Waals surface area contributed by atoms with Crippen LogP contribution >= 0.6 is 0 Å². The Hall–Kier alpha value is -2.33. The maximum absolute atomic E-state index is 12.3. The Morgan fingerprint density at radius 2 is 1.46 bits per heavy atom. The number of rotatable bonds is 3. The SMILES string of the molecule is CC(C)(C)OC(=O)N1CC2CN(Cc3ccc(-c4ccccc4)cc3)CC2C1. The summed E-state index contributed by atoms with van der Waals surface area (Å²) in [7, 11) is 0. The minimum absolute atomic E-state index is 0.162. The summed E-state index contributed by atoms with van der Waals surface area (Å²) < 4.78 is 5.53. The fraction of sp³-hybridized carbons (Fsp3) is 0.458. The second-order valence-electron chi connectivity index (χ2n) is 9.16. The van der Waals surface area contributed by atoms with Crippen LogP contribution in [0.25, 0.3) is 11.1 Å². The Kier molecular flexibility index (Phi) is 5.15. The van der Waals surface area contributed by atoms with E-state index >= 15 is 0 Å². The van der Waals surface area contributed by atoms with E-state index < -0.39 is 5.60 Å². The van der Waals surface area contributed by atoms with Crippen molar-refractivity contribution >= 4 is 6.09 Å². The number of nitrogens with zero attached hydrogens (tertiary/aromatic N) is 2. The van der Waals surface area contributed by atoms with Crippen molar-refractivity contribution in [2.45, 2.75) is 32.9 Å². The zero-order valence-corrected chi connectivity index (χ0v) is 17.1. The van der Waals surface area contributed by atoms with Gasteiger partial charge in [0.05, 0.1) is 0 Å². The van der Waals surface area contributed by atoms with Gasteiger partial charge in [-0.25, -0.2) is 4.79 Å². The van der Waals surface area contributed by atoms with Crippen molar-refractivity contribution in [2.75, 3.05) is 26.2 Å². The molecule has 2 saturated heterocycles. The molecule has 2 unspecified atom stereocenters. The smallest absolute Gasteiger partial charge is 0.410 e. The molecule has 2 fully saturated rings. The van der Waals surface area contributed by atoms with Crippen molar-refractivity contribution in [3.8, 4) is 11.1 Å². The van der Waals surface area contributed by atoms with Gasteiger partial charge in [-0.15, -0.1) is 0 Å². The Bertz CT molecular complexity index is 797. The Balaban J connectivity index is 1.30. The summed E-state index contributed by atoms with van der Waals surface area (Å²) >= 11 is 0. The summed E-state index contributed by atoms with van der Waals surface area (Å²) in [5, 5.41) is 0. The van der Waals surface area contributed by atoms with E-state index in [9.17, 15) is 4.79 Å². The van der Waals surface area contributed by atoms with E-state index in [1.807, 2.05) is 31.7 Å². The molecular weight excluding hydrogens is 348 g/mol. The number of ether oxygens (including phenoxy) is 1. The highest BCUT2D eigenvalue weighted by molar-refractivity contribution is 5.68. The molecule has 2 aromatic carbocycles. The lowest BCUT2D eigenvalue weighted by molar-refractivity contribution is 0.0274. The molecule has 4 rings (SSSR count). The normalized spacial score (nSPS) is 22.3. The van der Waals surface area contributed by atoms with Gasteiger partial charge in [0.25, 0.3) is 0 Å². The monoisotopic (exact) mass is 378 g/mol. The highest BCUT2D eigenvalue weighted by Crippen LogP contribution is 2.33. The average molecular weight is 379 g/mol. The van der Waals surface area contributed by atoms with E-state index in [-0.39, 0.29) is 6.09 Å². The number of hydrogen-bond acceptors (Lipinski definition) is 3. The topological polar surface area (TPSA) is 32.8 Å². The van der Waals surface area contributed by atoms with Gasteiger partial charge in [-0.05, 0) is 49.3 Å². The molecule has 0 N–H and O–H groups in total. The van der Waals surface area contributed by atoms with Crippen LogP contribution in [0.1, 0.15) is 26.3 Å². The van der Waals surface area contributed by atoms with Crippen LogP contribution in [0.5, 0.6) is 0 Å². The van der Waals surface area contributed by atoms with Gasteiger partial charge in [0, 0.05) is 32.7 Å². The zero-order chi connectivity index (χ0) is 19.7. The van der Waals surface area contributed by atoms with E-state index in [0.29, 0.717) is 11.8 Å². The molecule has 2 atom stereocenters. The number of hydrogen-bond donors (Lipinski definition) is 0. The Labute approximate surface area is 168 Å². The van der Waals surface area contributed by atoms with E-state index in [1.165, 1.54) is 16.7 Å². The molecule has 0 saturated carbocycles. The first-order valence-electron chi connectivity index (χ1n) is 10.2. The predicted octanol–water partition coefficient (Wildman–Crippen LogP) is 4.65. The molecule has 4 heteroatoms. The van der Waals surface area contributed by atoms with Crippen molar-refractivity contribution in [1.82, 2.24) is 9.80 Å². The van der Waals surface area contributed by atoms with Gasteiger partial charge in [-0.1, -0.05) is 54.6 Å². The van der Waals surface area contributed by atoms with Crippen LogP contribution in [0.2, 0.25) is 0 Å². The third-order valence-electron chi connectivity index (χ3n) is 5.68. The summed E-state index contributed by atoms with van der Waals surface area (Å²) in [5.74, 6) is 1.13. The fourth-order valence-electron chi connectivity index (χ4n) is 4.39.